The first kappa shape index (κ1) is 15.1. The van der Waals surface area contributed by atoms with Crippen molar-refractivity contribution < 1.29 is 9.84 Å². The predicted molar refractivity (Wildman–Crippen MR) is 97.7 cm³/mol. The second-order valence-corrected chi connectivity index (χ2v) is 6.38. The molecule has 1 saturated heterocycles. The number of hydrogen-bond acceptors (Lipinski definition) is 2. The quantitative estimate of drug-likeness (QED) is 0.752. The minimum Gasteiger partial charge on any atom is -0.378 e. The van der Waals surface area contributed by atoms with E-state index in [4.69, 9.17) is 4.74 Å². The summed E-state index contributed by atoms with van der Waals surface area (Å²) in [5.74, 6) is 0. The fraction of sp³-hybridized carbons (Fsp3) is 0.182. The summed E-state index contributed by atoms with van der Waals surface area (Å²) in [6, 6.07) is 24.5. The molecule has 1 aliphatic heterocycles. The number of benzene rings is 3. The Morgan fingerprint density at radius 2 is 1.62 bits per heavy atom. The molecule has 0 aliphatic carbocycles. The summed E-state index contributed by atoms with van der Waals surface area (Å²) in [7, 11) is 0. The van der Waals surface area contributed by atoms with Gasteiger partial charge in [-0.1, -0.05) is 66.7 Å². The van der Waals surface area contributed by atoms with Crippen LogP contribution in [0.15, 0.2) is 78.4 Å². The minimum atomic E-state index is -1.04. The molecule has 0 radical (unpaired) electrons. The number of hydrogen-bond donors (Lipinski definition) is 1. The topological polar surface area (TPSA) is 29.5 Å². The molecule has 0 amide bonds. The molecule has 0 unspecified atom stereocenters. The summed E-state index contributed by atoms with van der Waals surface area (Å²) >= 11 is 0. The van der Waals surface area contributed by atoms with Crippen molar-refractivity contribution in [3.8, 4) is 0 Å². The third-order valence-corrected chi connectivity index (χ3v) is 4.94. The van der Waals surface area contributed by atoms with Gasteiger partial charge in [-0.25, -0.2) is 0 Å². The van der Waals surface area contributed by atoms with Crippen LogP contribution in [-0.2, 0) is 10.3 Å². The molecular formula is C22H20O2. The summed E-state index contributed by atoms with van der Waals surface area (Å²) in [6.45, 7) is 2.84. The van der Waals surface area contributed by atoms with Crippen LogP contribution in [0.2, 0.25) is 0 Å². The van der Waals surface area contributed by atoms with Gasteiger partial charge >= 0.3 is 0 Å². The molecule has 2 nitrogen and oxygen atoms in total. The van der Waals surface area contributed by atoms with E-state index in [1.807, 2.05) is 42.5 Å². The third kappa shape index (κ3) is 2.44. The van der Waals surface area contributed by atoms with Gasteiger partial charge in [0.05, 0.1) is 13.2 Å². The van der Waals surface area contributed by atoms with Crippen LogP contribution in [0.5, 0.6) is 0 Å². The lowest BCUT2D eigenvalue weighted by atomic mass is 9.84. The van der Waals surface area contributed by atoms with Crippen molar-refractivity contribution in [2.75, 3.05) is 13.2 Å². The number of rotatable bonds is 2. The number of fused-ring (bicyclic) bond motifs is 1. The molecule has 2 heteroatoms. The van der Waals surface area contributed by atoms with E-state index in [1.54, 1.807) is 0 Å². The van der Waals surface area contributed by atoms with Crippen LogP contribution in [0.1, 0.15) is 18.1 Å². The van der Waals surface area contributed by atoms with Crippen LogP contribution in [-0.4, -0.2) is 18.3 Å². The molecule has 3 aromatic rings. The van der Waals surface area contributed by atoms with Crippen LogP contribution in [0, 0.1) is 0 Å². The lowest BCUT2D eigenvalue weighted by Gasteiger charge is -2.25. The second-order valence-electron chi connectivity index (χ2n) is 6.38. The highest BCUT2D eigenvalue weighted by molar-refractivity contribution is 5.86. The van der Waals surface area contributed by atoms with Gasteiger partial charge in [-0.05, 0) is 46.0 Å². The summed E-state index contributed by atoms with van der Waals surface area (Å²) < 4.78 is 5.65. The van der Waals surface area contributed by atoms with Crippen molar-refractivity contribution in [2.24, 2.45) is 0 Å². The molecule has 0 bridgehead atoms. The summed E-state index contributed by atoms with van der Waals surface area (Å²) in [6.07, 6.45) is 0. The van der Waals surface area contributed by atoms with E-state index in [1.165, 1.54) is 10.8 Å². The second kappa shape index (κ2) is 5.90. The molecule has 0 spiro atoms. The molecule has 0 saturated carbocycles. The van der Waals surface area contributed by atoms with Crippen molar-refractivity contribution in [3.05, 3.63) is 89.5 Å². The van der Waals surface area contributed by atoms with Gasteiger partial charge in [0.1, 0.15) is 5.60 Å². The highest BCUT2D eigenvalue weighted by Gasteiger charge is 2.40. The summed E-state index contributed by atoms with van der Waals surface area (Å²) in [4.78, 5) is 0. The van der Waals surface area contributed by atoms with E-state index in [-0.39, 0.29) is 0 Å². The molecule has 120 valence electrons. The maximum Gasteiger partial charge on any atom is 0.137 e. The largest absolute Gasteiger partial charge is 0.378 e. The van der Waals surface area contributed by atoms with Crippen LogP contribution in [0.25, 0.3) is 16.3 Å². The van der Waals surface area contributed by atoms with Gasteiger partial charge in [0.15, 0.2) is 0 Å². The average molecular weight is 316 g/mol. The predicted octanol–water partition coefficient (Wildman–Crippen LogP) is 4.53. The van der Waals surface area contributed by atoms with Gasteiger partial charge in [-0.15, -0.1) is 0 Å². The Bertz CT molecular complexity index is 911. The Kier molecular flexibility index (Phi) is 3.72. The molecule has 0 aromatic heterocycles. The highest BCUT2D eigenvalue weighted by atomic mass is 16.5. The van der Waals surface area contributed by atoms with E-state index in [0.29, 0.717) is 13.2 Å². The fourth-order valence-corrected chi connectivity index (χ4v) is 3.49. The Morgan fingerprint density at radius 1 is 0.917 bits per heavy atom. The Hall–Kier alpha value is -2.42. The van der Waals surface area contributed by atoms with Gasteiger partial charge in [0.2, 0.25) is 0 Å². The van der Waals surface area contributed by atoms with Gasteiger partial charge < -0.3 is 9.84 Å². The average Bonchev–Trinajstić information content (AvgIpc) is 3.04. The van der Waals surface area contributed by atoms with Crippen molar-refractivity contribution in [1.82, 2.24) is 0 Å². The van der Waals surface area contributed by atoms with E-state index < -0.39 is 5.60 Å². The number of allylic oxidation sites excluding steroid dienone is 1. The molecule has 1 fully saturated rings. The lowest BCUT2D eigenvalue weighted by Crippen LogP contribution is -2.28. The van der Waals surface area contributed by atoms with Gasteiger partial charge in [-0.2, -0.15) is 0 Å². The minimum absolute atomic E-state index is 0.303. The maximum atomic E-state index is 11.3. The SMILES string of the molecule is C/C(=C1\COC[C@@]1(O)c1ccccc1)c1ccc2ccccc2c1. The Labute approximate surface area is 142 Å². The lowest BCUT2D eigenvalue weighted by molar-refractivity contribution is 0.0401. The van der Waals surface area contributed by atoms with Crippen molar-refractivity contribution in [2.45, 2.75) is 12.5 Å². The van der Waals surface area contributed by atoms with E-state index >= 15 is 0 Å². The molecule has 4 rings (SSSR count). The first-order valence-electron chi connectivity index (χ1n) is 8.23. The first-order chi connectivity index (χ1) is 11.7. The van der Waals surface area contributed by atoms with Crippen LogP contribution >= 0.6 is 0 Å². The zero-order valence-electron chi connectivity index (χ0n) is 13.7. The monoisotopic (exact) mass is 316 g/mol. The van der Waals surface area contributed by atoms with E-state index in [2.05, 4.69) is 37.3 Å². The van der Waals surface area contributed by atoms with Crippen molar-refractivity contribution >= 4 is 16.3 Å². The highest BCUT2D eigenvalue weighted by Crippen LogP contribution is 2.39. The molecular weight excluding hydrogens is 296 g/mol. The molecule has 1 atom stereocenters. The van der Waals surface area contributed by atoms with Crippen molar-refractivity contribution in [1.29, 1.82) is 0 Å². The van der Waals surface area contributed by atoms with E-state index in [9.17, 15) is 5.11 Å². The zero-order valence-corrected chi connectivity index (χ0v) is 13.7. The maximum absolute atomic E-state index is 11.3. The Morgan fingerprint density at radius 3 is 2.42 bits per heavy atom. The molecule has 24 heavy (non-hydrogen) atoms. The van der Waals surface area contributed by atoms with Crippen LogP contribution < -0.4 is 0 Å². The van der Waals surface area contributed by atoms with Gasteiger partial charge in [0, 0.05) is 0 Å². The molecule has 1 heterocycles. The first-order valence-corrected chi connectivity index (χ1v) is 8.23. The summed E-state index contributed by atoms with van der Waals surface area (Å²) in [5.41, 5.74) is 3.01. The van der Waals surface area contributed by atoms with Crippen LogP contribution in [0.4, 0.5) is 0 Å². The third-order valence-electron chi connectivity index (χ3n) is 4.94. The molecule has 3 aromatic carbocycles. The number of aliphatic hydroxyl groups is 1. The fourth-order valence-electron chi connectivity index (χ4n) is 3.49. The van der Waals surface area contributed by atoms with Gasteiger partial charge in [0.25, 0.3) is 0 Å². The smallest absolute Gasteiger partial charge is 0.137 e. The van der Waals surface area contributed by atoms with Crippen molar-refractivity contribution in [3.63, 3.8) is 0 Å². The van der Waals surface area contributed by atoms with Gasteiger partial charge in [-0.3, -0.25) is 0 Å². The molecule has 1 aliphatic rings. The Balaban J connectivity index is 1.84. The summed E-state index contributed by atoms with van der Waals surface area (Å²) in [5, 5.41) is 13.7. The molecule has 1 N–H and O–H groups in total. The normalized spacial score (nSPS) is 22.8. The number of ether oxygens (including phenoxy) is 1. The zero-order chi connectivity index (χ0) is 16.6. The van der Waals surface area contributed by atoms with E-state index in [0.717, 1.165) is 22.3 Å². The van der Waals surface area contributed by atoms with Crippen LogP contribution in [0.3, 0.4) is 0 Å². The standard InChI is InChI=1S/C22H20O2/c1-16(18-12-11-17-7-5-6-8-19(17)13-18)21-14-24-15-22(21,23)20-9-3-2-4-10-20/h2-13,23H,14-15H2,1H3/b21-16-/t22-/m1/s1.